The van der Waals surface area contributed by atoms with Crippen LogP contribution in [0.1, 0.15) is 30.6 Å². The fraction of sp³-hybridized carbons (Fsp3) is 0.333. The van der Waals surface area contributed by atoms with Crippen LogP contribution < -0.4 is 5.76 Å². The molecule has 1 unspecified atom stereocenters. The second kappa shape index (κ2) is 3.96. The summed E-state index contributed by atoms with van der Waals surface area (Å²) in [4.78, 5) is 25.4. The standard InChI is InChI=1S/C12H13NO3/c1-3-7(2)11(14)8-4-5-9-10(6-8)16-12(15)13-9/h4-7H,3H2,1-2H3,(H,13,15). The van der Waals surface area contributed by atoms with E-state index in [0.717, 1.165) is 6.42 Å². The largest absolute Gasteiger partial charge is 0.417 e. The Morgan fingerprint density at radius 3 is 2.94 bits per heavy atom. The number of rotatable bonds is 3. The molecule has 0 aliphatic heterocycles. The summed E-state index contributed by atoms with van der Waals surface area (Å²) >= 11 is 0. The molecule has 0 saturated carbocycles. The Kier molecular flexibility index (Phi) is 2.64. The summed E-state index contributed by atoms with van der Waals surface area (Å²) in [5.74, 6) is -0.431. The number of hydrogen-bond acceptors (Lipinski definition) is 3. The predicted octanol–water partition coefficient (Wildman–Crippen LogP) is 2.35. The summed E-state index contributed by atoms with van der Waals surface area (Å²) in [6.45, 7) is 3.86. The second-order valence-electron chi connectivity index (χ2n) is 3.90. The molecule has 4 heteroatoms. The quantitative estimate of drug-likeness (QED) is 0.806. The van der Waals surface area contributed by atoms with E-state index >= 15 is 0 Å². The van der Waals surface area contributed by atoms with Crippen LogP contribution in [0.25, 0.3) is 11.1 Å². The minimum Gasteiger partial charge on any atom is -0.408 e. The van der Waals surface area contributed by atoms with Gasteiger partial charge in [-0.25, -0.2) is 4.79 Å². The lowest BCUT2D eigenvalue weighted by Crippen LogP contribution is -2.09. The topological polar surface area (TPSA) is 63.1 Å². The zero-order valence-corrected chi connectivity index (χ0v) is 9.24. The average molecular weight is 219 g/mol. The predicted molar refractivity (Wildman–Crippen MR) is 60.6 cm³/mol. The van der Waals surface area contributed by atoms with Crippen molar-refractivity contribution in [3.05, 3.63) is 34.3 Å². The third-order valence-electron chi connectivity index (χ3n) is 2.77. The van der Waals surface area contributed by atoms with Crippen LogP contribution in [-0.4, -0.2) is 10.8 Å². The van der Waals surface area contributed by atoms with E-state index in [0.29, 0.717) is 16.7 Å². The first-order valence-corrected chi connectivity index (χ1v) is 5.29. The summed E-state index contributed by atoms with van der Waals surface area (Å²) in [6, 6.07) is 5.01. The first-order chi connectivity index (χ1) is 7.61. The Labute approximate surface area is 92.3 Å². The lowest BCUT2D eigenvalue weighted by atomic mass is 9.97. The van der Waals surface area contributed by atoms with Gasteiger partial charge in [0.25, 0.3) is 0 Å². The third kappa shape index (κ3) is 1.78. The first kappa shape index (κ1) is 10.7. The molecule has 0 amide bonds. The highest BCUT2D eigenvalue weighted by molar-refractivity contribution is 5.99. The molecule has 16 heavy (non-hydrogen) atoms. The minimum absolute atomic E-state index is 0.0110. The van der Waals surface area contributed by atoms with Crippen LogP contribution in [0.15, 0.2) is 27.4 Å². The molecule has 1 N–H and O–H groups in total. The number of nitrogens with one attached hydrogen (secondary N) is 1. The molecule has 84 valence electrons. The van der Waals surface area contributed by atoms with E-state index in [1.165, 1.54) is 0 Å². The smallest absolute Gasteiger partial charge is 0.408 e. The summed E-state index contributed by atoms with van der Waals surface area (Å²) in [5, 5.41) is 0. The monoisotopic (exact) mass is 219 g/mol. The third-order valence-corrected chi connectivity index (χ3v) is 2.77. The van der Waals surface area contributed by atoms with Gasteiger partial charge in [-0.3, -0.25) is 9.78 Å². The highest BCUT2D eigenvalue weighted by atomic mass is 16.4. The number of H-pyrrole nitrogens is 1. The maximum Gasteiger partial charge on any atom is 0.417 e. The van der Waals surface area contributed by atoms with Gasteiger partial charge >= 0.3 is 5.76 Å². The lowest BCUT2D eigenvalue weighted by Gasteiger charge is -2.06. The highest BCUT2D eigenvalue weighted by Crippen LogP contribution is 2.16. The van der Waals surface area contributed by atoms with Crippen molar-refractivity contribution in [3.8, 4) is 0 Å². The Morgan fingerprint density at radius 1 is 1.50 bits per heavy atom. The zero-order valence-electron chi connectivity index (χ0n) is 9.24. The maximum absolute atomic E-state index is 11.9. The van der Waals surface area contributed by atoms with E-state index < -0.39 is 5.76 Å². The van der Waals surface area contributed by atoms with Gasteiger partial charge in [-0.15, -0.1) is 0 Å². The number of ketones is 1. The molecule has 0 fully saturated rings. The summed E-state index contributed by atoms with van der Waals surface area (Å²) < 4.78 is 4.91. The average Bonchev–Trinajstić information content (AvgIpc) is 2.65. The molecular weight excluding hydrogens is 206 g/mol. The van der Waals surface area contributed by atoms with E-state index in [-0.39, 0.29) is 11.7 Å². The van der Waals surface area contributed by atoms with Gasteiger partial charge in [0.2, 0.25) is 0 Å². The number of hydrogen-bond donors (Lipinski definition) is 1. The summed E-state index contributed by atoms with van der Waals surface area (Å²) in [5.41, 5.74) is 1.63. The molecule has 1 aromatic heterocycles. The van der Waals surface area contributed by atoms with E-state index in [9.17, 15) is 9.59 Å². The summed E-state index contributed by atoms with van der Waals surface area (Å²) in [6.07, 6.45) is 0.800. The van der Waals surface area contributed by atoms with Gasteiger partial charge in [-0.2, -0.15) is 0 Å². The maximum atomic E-state index is 11.9. The van der Waals surface area contributed by atoms with Gasteiger partial charge in [-0.1, -0.05) is 13.8 Å². The van der Waals surface area contributed by atoms with Crippen LogP contribution in [0.2, 0.25) is 0 Å². The number of oxazole rings is 1. The van der Waals surface area contributed by atoms with Crippen LogP contribution in [0.4, 0.5) is 0 Å². The Morgan fingerprint density at radius 2 is 2.25 bits per heavy atom. The minimum atomic E-state index is -0.497. The highest BCUT2D eigenvalue weighted by Gasteiger charge is 2.14. The van der Waals surface area contributed by atoms with Crippen LogP contribution in [0.3, 0.4) is 0 Å². The zero-order chi connectivity index (χ0) is 11.7. The van der Waals surface area contributed by atoms with E-state index in [1.54, 1.807) is 18.2 Å². The molecule has 0 spiro atoms. The first-order valence-electron chi connectivity index (χ1n) is 5.29. The van der Waals surface area contributed by atoms with Crippen LogP contribution in [-0.2, 0) is 0 Å². The number of Topliss-reactive ketones (excluding diaryl/α,β-unsaturated/α-hetero) is 1. The molecule has 0 bridgehead atoms. The molecular formula is C12H13NO3. The number of aromatic nitrogens is 1. The van der Waals surface area contributed by atoms with Crippen molar-refractivity contribution >= 4 is 16.9 Å². The van der Waals surface area contributed by atoms with Crippen molar-refractivity contribution in [2.24, 2.45) is 5.92 Å². The van der Waals surface area contributed by atoms with Crippen molar-refractivity contribution in [1.82, 2.24) is 4.98 Å². The van der Waals surface area contributed by atoms with Crippen LogP contribution in [0, 0.1) is 5.92 Å². The van der Waals surface area contributed by atoms with Gasteiger partial charge < -0.3 is 4.42 Å². The number of carbonyl (C=O) groups is 1. The molecule has 2 rings (SSSR count). The van der Waals surface area contributed by atoms with Crippen molar-refractivity contribution in [1.29, 1.82) is 0 Å². The number of aromatic amines is 1. The molecule has 0 aliphatic carbocycles. The second-order valence-corrected chi connectivity index (χ2v) is 3.90. The van der Waals surface area contributed by atoms with Gasteiger partial charge in [0.1, 0.15) is 0 Å². The van der Waals surface area contributed by atoms with Crippen molar-refractivity contribution in [3.63, 3.8) is 0 Å². The molecule has 1 heterocycles. The van der Waals surface area contributed by atoms with Gasteiger partial charge in [0.15, 0.2) is 11.4 Å². The number of carbonyl (C=O) groups excluding carboxylic acids is 1. The Bertz CT molecular complexity index is 579. The lowest BCUT2D eigenvalue weighted by molar-refractivity contribution is 0.0927. The molecule has 2 aromatic rings. The fourth-order valence-electron chi connectivity index (χ4n) is 1.57. The van der Waals surface area contributed by atoms with Crippen molar-refractivity contribution in [2.45, 2.75) is 20.3 Å². The molecule has 0 saturated heterocycles. The van der Waals surface area contributed by atoms with Gasteiger partial charge in [0, 0.05) is 11.5 Å². The normalized spacial score (nSPS) is 12.9. The van der Waals surface area contributed by atoms with E-state index in [4.69, 9.17) is 4.42 Å². The molecule has 0 radical (unpaired) electrons. The summed E-state index contributed by atoms with van der Waals surface area (Å²) in [7, 11) is 0. The van der Waals surface area contributed by atoms with E-state index in [2.05, 4.69) is 4.98 Å². The molecule has 0 aliphatic rings. The van der Waals surface area contributed by atoms with Crippen LogP contribution in [0.5, 0.6) is 0 Å². The Hall–Kier alpha value is -1.84. The SMILES string of the molecule is CCC(C)C(=O)c1ccc2[nH]c(=O)oc2c1. The van der Waals surface area contributed by atoms with Crippen molar-refractivity contribution < 1.29 is 9.21 Å². The molecule has 1 aromatic carbocycles. The molecule has 1 atom stereocenters. The fourth-order valence-corrected chi connectivity index (χ4v) is 1.57. The van der Waals surface area contributed by atoms with E-state index in [1.807, 2.05) is 13.8 Å². The van der Waals surface area contributed by atoms with Crippen LogP contribution >= 0.6 is 0 Å². The Balaban J connectivity index is 2.46. The number of benzene rings is 1. The molecule has 4 nitrogen and oxygen atoms in total. The van der Waals surface area contributed by atoms with Gasteiger partial charge in [0.05, 0.1) is 5.52 Å². The number of fused-ring (bicyclic) bond motifs is 1. The van der Waals surface area contributed by atoms with Gasteiger partial charge in [-0.05, 0) is 24.6 Å². The van der Waals surface area contributed by atoms with Crippen molar-refractivity contribution in [2.75, 3.05) is 0 Å².